The number of aromatic nitrogens is 1. The Bertz CT molecular complexity index is 1210. The Kier molecular flexibility index (Phi) is 5.77. The molecule has 0 aliphatic carbocycles. The van der Waals surface area contributed by atoms with Crippen LogP contribution in [0.2, 0.25) is 0 Å². The Morgan fingerprint density at radius 1 is 0.967 bits per heavy atom. The lowest BCUT2D eigenvalue weighted by Gasteiger charge is -2.16. The molecule has 4 aromatic rings. The second-order valence-electron chi connectivity index (χ2n) is 6.81. The average Bonchev–Trinajstić information content (AvgIpc) is 2.75. The number of pyridine rings is 1. The van der Waals surface area contributed by atoms with Gasteiger partial charge in [-0.05, 0) is 36.8 Å². The Balaban J connectivity index is 1.68. The lowest BCUT2D eigenvalue weighted by Crippen LogP contribution is -2.27. The van der Waals surface area contributed by atoms with E-state index >= 15 is 0 Å². The Morgan fingerprint density at radius 3 is 2.47 bits per heavy atom. The van der Waals surface area contributed by atoms with Crippen molar-refractivity contribution < 1.29 is 13.6 Å². The lowest BCUT2D eigenvalue weighted by atomic mass is 10.1. The van der Waals surface area contributed by atoms with Crippen molar-refractivity contribution in [1.82, 2.24) is 10.3 Å². The normalized spacial score (nSPS) is 12.0. The molecular formula is C24H18F2N2OS. The van der Waals surface area contributed by atoms with E-state index in [9.17, 15) is 13.6 Å². The van der Waals surface area contributed by atoms with Gasteiger partial charge in [-0.1, -0.05) is 60.3 Å². The summed E-state index contributed by atoms with van der Waals surface area (Å²) in [4.78, 5) is 17.9. The highest BCUT2D eigenvalue weighted by atomic mass is 32.2. The summed E-state index contributed by atoms with van der Waals surface area (Å²) in [5, 5.41) is 4.18. The highest BCUT2D eigenvalue weighted by Crippen LogP contribution is 2.32. The maximum Gasteiger partial charge on any atom is 0.252 e. The van der Waals surface area contributed by atoms with Gasteiger partial charge in [-0.25, -0.2) is 13.8 Å². The van der Waals surface area contributed by atoms with Crippen LogP contribution in [0.3, 0.4) is 0 Å². The molecule has 4 rings (SSSR count). The van der Waals surface area contributed by atoms with E-state index < -0.39 is 11.6 Å². The van der Waals surface area contributed by atoms with Crippen LogP contribution in [0.5, 0.6) is 0 Å². The Hall–Kier alpha value is -3.25. The summed E-state index contributed by atoms with van der Waals surface area (Å²) in [5.74, 6) is -1.55. The van der Waals surface area contributed by atoms with Gasteiger partial charge in [-0.3, -0.25) is 4.79 Å². The number of hydrogen-bond acceptors (Lipinski definition) is 3. The van der Waals surface area contributed by atoms with Gasteiger partial charge in [0.25, 0.3) is 5.91 Å². The van der Waals surface area contributed by atoms with Crippen LogP contribution in [0.15, 0.2) is 88.8 Å². The van der Waals surface area contributed by atoms with Crippen molar-refractivity contribution in [2.24, 2.45) is 0 Å². The molecule has 0 radical (unpaired) electrons. The highest BCUT2D eigenvalue weighted by Gasteiger charge is 2.17. The first-order valence-corrected chi connectivity index (χ1v) is 10.2. The quantitative estimate of drug-likeness (QED) is 0.421. The van der Waals surface area contributed by atoms with Crippen molar-refractivity contribution in [3.8, 4) is 0 Å². The number of para-hydroxylation sites is 1. The summed E-state index contributed by atoms with van der Waals surface area (Å²) in [6.07, 6.45) is 0. The predicted octanol–water partition coefficient (Wildman–Crippen LogP) is 6.16. The van der Waals surface area contributed by atoms with Crippen LogP contribution >= 0.6 is 11.8 Å². The minimum atomic E-state index is -0.668. The number of carbonyl (C=O) groups is 1. The van der Waals surface area contributed by atoms with Crippen LogP contribution in [-0.2, 0) is 0 Å². The number of nitrogens with zero attached hydrogens (tertiary/aromatic N) is 1. The maximum absolute atomic E-state index is 14.1. The molecule has 0 saturated heterocycles. The number of rotatable bonds is 5. The van der Waals surface area contributed by atoms with Gasteiger partial charge in [-0.15, -0.1) is 0 Å². The molecule has 0 saturated carbocycles. The summed E-state index contributed by atoms with van der Waals surface area (Å²) in [7, 11) is 0. The van der Waals surface area contributed by atoms with Gasteiger partial charge in [0.05, 0.1) is 17.1 Å². The first-order valence-electron chi connectivity index (χ1n) is 9.40. The summed E-state index contributed by atoms with van der Waals surface area (Å²) in [6, 6.07) is 21.8. The smallest absolute Gasteiger partial charge is 0.252 e. The zero-order valence-corrected chi connectivity index (χ0v) is 16.9. The van der Waals surface area contributed by atoms with Crippen molar-refractivity contribution in [2.45, 2.75) is 22.9 Å². The summed E-state index contributed by atoms with van der Waals surface area (Å²) >= 11 is 1.05. The zero-order valence-electron chi connectivity index (χ0n) is 16.1. The lowest BCUT2D eigenvalue weighted by molar-refractivity contribution is 0.0941. The van der Waals surface area contributed by atoms with Gasteiger partial charge in [0, 0.05) is 16.3 Å². The Labute approximate surface area is 177 Å². The van der Waals surface area contributed by atoms with Crippen LogP contribution in [-0.4, -0.2) is 10.9 Å². The van der Waals surface area contributed by atoms with Gasteiger partial charge in [0.15, 0.2) is 0 Å². The summed E-state index contributed by atoms with van der Waals surface area (Å²) in [6.45, 7) is 1.92. The molecule has 1 atom stereocenters. The third-order valence-electron chi connectivity index (χ3n) is 4.69. The predicted molar refractivity (Wildman–Crippen MR) is 115 cm³/mol. The van der Waals surface area contributed by atoms with Gasteiger partial charge in [-0.2, -0.15) is 0 Å². The summed E-state index contributed by atoms with van der Waals surface area (Å²) in [5.41, 5.74) is 2.07. The first kappa shape index (κ1) is 20.0. The molecule has 0 fully saturated rings. The number of hydrogen-bond donors (Lipinski definition) is 1. The maximum atomic E-state index is 14.1. The second-order valence-corrected chi connectivity index (χ2v) is 7.87. The third kappa shape index (κ3) is 4.33. The molecule has 0 spiro atoms. The number of amides is 1. The first-order chi connectivity index (χ1) is 14.5. The number of fused-ring (bicyclic) bond motifs is 1. The van der Waals surface area contributed by atoms with E-state index in [0.717, 1.165) is 23.4 Å². The molecule has 0 aliphatic rings. The van der Waals surface area contributed by atoms with Crippen LogP contribution in [0.1, 0.15) is 28.9 Å². The number of halogens is 2. The van der Waals surface area contributed by atoms with E-state index in [0.29, 0.717) is 21.5 Å². The van der Waals surface area contributed by atoms with Crippen LogP contribution < -0.4 is 5.32 Å². The number of carbonyl (C=O) groups excluding carboxylic acids is 1. The molecule has 6 heteroatoms. The third-order valence-corrected chi connectivity index (χ3v) is 5.66. The van der Waals surface area contributed by atoms with Crippen molar-refractivity contribution in [1.29, 1.82) is 0 Å². The van der Waals surface area contributed by atoms with Crippen molar-refractivity contribution in [3.63, 3.8) is 0 Å². The van der Waals surface area contributed by atoms with Gasteiger partial charge in [0.1, 0.15) is 16.7 Å². The van der Waals surface area contributed by atoms with E-state index in [-0.39, 0.29) is 16.8 Å². The molecule has 1 heterocycles. The molecule has 30 heavy (non-hydrogen) atoms. The van der Waals surface area contributed by atoms with E-state index in [1.165, 1.54) is 12.1 Å². The molecular weight excluding hydrogens is 402 g/mol. The fourth-order valence-corrected chi connectivity index (χ4v) is 4.00. The van der Waals surface area contributed by atoms with E-state index in [1.54, 1.807) is 12.1 Å². The number of benzene rings is 3. The molecule has 0 bridgehead atoms. The zero-order chi connectivity index (χ0) is 21.1. The van der Waals surface area contributed by atoms with Crippen LogP contribution in [0.25, 0.3) is 10.9 Å². The fraction of sp³-hybridized carbons (Fsp3) is 0.0833. The second kappa shape index (κ2) is 8.63. The topological polar surface area (TPSA) is 42.0 Å². The molecule has 1 N–H and O–H groups in total. The van der Waals surface area contributed by atoms with Crippen LogP contribution in [0, 0.1) is 11.6 Å². The Morgan fingerprint density at radius 2 is 1.70 bits per heavy atom. The average molecular weight is 420 g/mol. The fourth-order valence-electron chi connectivity index (χ4n) is 3.16. The molecule has 3 aromatic carbocycles. The largest absolute Gasteiger partial charge is 0.345 e. The monoisotopic (exact) mass is 420 g/mol. The molecule has 3 nitrogen and oxygen atoms in total. The molecule has 1 unspecified atom stereocenters. The standard InChI is InChI=1S/C24H18F2N2OS/c1-15(16-7-3-2-4-8-16)27-24(29)19-14-23(28-21-10-6-5-9-18(19)21)30-22-12-11-17(25)13-20(22)26/h2-15H,1H3,(H,27,29). The van der Waals surface area contributed by atoms with Crippen molar-refractivity contribution in [2.75, 3.05) is 0 Å². The molecule has 1 amide bonds. The molecule has 0 aliphatic heterocycles. The van der Waals surface area contributed by atoms with E-state index in [1.807, 2.05) is 55.5 Å². The van der Waals surface area contributed by atoms with Crippen molar-refractivity contribution in [3.05, 3.63) is 102 Å². The minimum absolute atomic E-state index is 0.184. The van der Waals surface area contributed by atoms with Gasteiger partial charge in [0.2, 0.25) is 0 Å². The summed E-state index contributed by atoms with van der Waals surface area (Å²) < 4.78 is 27.3. The van der Waals surface area contributed by atoms with Crippen molar-refractivity contribution >= 4 is 28.6 Å². The van der Waals surface area contributed by atoms with Gasteiger partial charge < -0.3 is 5.32 Å². The molecule has 150 valence electrons. The van der Waals surface area contributed by atoms with E-state index in [2.05, 4.69) is 10.3 Å². The van der Waals surface area contributed by atoms with Crippen LogP contribution in [0.4, 0.5) is 8.78 Å². The SMILES string of the molecule is CC(NC(=O)c1cc(Sc2ccc(F)cc2F)nc2ccccc12)c1ccccc1. The van der Waals surface area contributed by atoms with E-state index in [4.69, 9.17) is 0 Å². The molecule has 1 aromatic heterocycles. The minimum Gasteiger partial charge on any atom is -0.345 e. The number of nitrogens with one attached hydrogen (secondary N) is 1. The highest BCUT2D eigenvalue weighted by molar-refractivity contribution is 7.99. The van der Waals surface area contributed by atoms with Gasteiger partial charge >= 0.3 is 0 Å².